The molecule has 0 aliphatic carbocycles. The molecule has 3 rings (SSSR count). The predicted octanol–water partition coefficient (Wildman–Crippen LogP) is 3.41. The summed E-state index contributed by atoms with van der Waals surface area (Å²) < 4.78 is 28.9. The normalized spacial score (nSPS) is 16.7. The van der Waals surface area contributed by atoms with E-state index in [0.717, 1.165) is 11.0 Å². The number of halogens is 3. The predicted molar refractivity (Wildman–Crippen MR) is 119 cm³/mol. The number of Topliss-reactive ketones (excluding diaryl/α,β-unsaturated/α-hetero) is 1. The van der Waals surface area contributed by atoms with Gasteiger partial charge in [0.1, 0.15) is 11.6 Å². The van der Waals surface area contributed by atoms with Crippen LogP contribution in [0.25, 0.3) is 11.1 Å². The number of nitrogens with zero attached hydrogens (tertiary/aromatic N) is 1. The molecule has 0 saturated carbocycles. The van der Waals surface area contributed by atoms with E-state index in [4.69, 9.17) is 11.6 Å². The minimum atomic E-state index is -1.50. The number of carboxylic acid groups (broad SMARTS) is 1. The minimum absolute atomic E-state index is 0.0111. The Kier molecular flexibility index (Phi) is 7.31. The van der Waals surface area contributed by atoms with Gasteiger partial charge < -0.3 is 20.6 Å². The number of carbonyl (C=O) groups is 4. The maximum Gasteiger partial charge on any atom is 0.316 e. The molecule has 0 saturated heterocycles. The van der Waals surface area contributed by atoms with E-state index in [0.29, 0.717) is 0 Å². The van der Waals surface area contributed by atoms with Gasteiger partial charge in [0, 0.05) is 29.9 Å². The lowest BCUT2D eigenvalue weighted by Gasteiger charge is -2.27. The summed E-state index contributed by atoms with van der Waals surface area (Å²) in [5, 5.41) is 13.6. The van der Waals surface area contributed by atoms with Crippen LogP contribution >= 0.6 is 11.6 Å². The van der Waals surface area contributed by atoms with Gasteiger partial charge >= 0.3 is 12.0 Å². The molecule has 2 aromatic rings. The van der Waals surface area contributed by atoms with Crippen LogP contribution in [0.4, 0.5) is 13.6 Å². The molecule has 0 bridgehead atoms. The summed E-state index contributed by atoms with van der Waals surface area (Å²) in [6.07, 6.45) is 0.639. The first-order valence-corrected chi connectivity index (χ1v) is 10.4. The van der Waals surface area contributed by atoms with Gasteiger partial charge in [0.25, 0.3) is 5.91 Å². The van der Waals surface area contributed by atoms with Crippen LogP contribution in [-0.2, 0) is 14.4 Å². The van der Waals surface area contributed by atoms with Gasteiger partial charge in [0.15, 0.2) is 11.8 Å². The summed E-state index contributed by atoms with van der Waals surface area (Å²) in [4.78, 5) is 49.7. The molecule has 8 nitrogen and oxygen atoms in total. The molecule has 11 heteroatoms. The molecule has 2 unspecified atom stereocenters. The van der Waals surface area contributed by atoms with E-state index in [1.54, 1.807) is 0 Å². The number of nitrogens with one attached hydrogen (secondary N) is 2. The quantitative estimate of drug-likeness (QED) is 0.535. The van der Waals surface area contributed by atoms with Crippen LogP contribution in [0, 0.1) is 11.6 Å². The van der Waals surface area contributed by atoms with Gasteiger partial charge in [-0.3, -0.25) is 14.4 Å². The highest BCUT2D eigenvalue weighted by molar-refractivity contribution is 6.31. The van der Waals surface area contributed by atoms with Crippen LogP contribution in [0.1, 0.15) is 24.9 Å². The average molecular weight is 492 g/mol. The number of amides is 3. The number of rotatable bonds is 6. The molecule has 0 aromatic heterocycles. The third-order valence-electron chi connectivity index (χ3n) is 5.23. The first kappa shape index (κ1) is 24.8. The van der Waals surface area contributed by atoms with Crippen molar-refractivity contribution < 1.29 is 33.1 Å². The monoisotopic (exact) mass is 491 g/mol. The van der Waals surface area contributed by atoms with E-state index in [1.807, 2.05) is 0 Å². The van der Waals surface area contributed by atoms with E-state index in [-0.39, 0.29) is 27.3 Å². The Morgan fingerprint density at radius 1 is 1.21 bits per heavy atom. The van der Waals surface area contributed by atoms with Crippen LogP contribution in [0.3, 0.4) is 0 Å². The van der Waals surface area contributed by atoms with Crippen LogP contribution < -0.4 is 10.6 Å². The molecular weight excluding hydrogens is 472 g/mol. The zero-order chi connectivity index (χ0) is 25.2. The third kappa shape index (κ3) is 5.23. The van der Waals surface area contributed by atoms with Crippen molar-refractivity contribution in [2.75, 3.05) is 7.05 Å². The number of carbonyl (C=O) groups excluding carboxylic acids is 3. The SMILES string of the molecule is CC1=CN(C)C(=O)C(NC(=O)NC(CC(=O)O)c2cccc(-c3ccc(F)c(Cl)c3)c2F)C1=O. The third-order valence-corrected chi connectivity index (χ3v) is 5.52. The van der Waals surface area contributed by atoms with Gasteiger partial charge in [-0.25, -0.2) is 13.6 Å². The maximum absolute atomic E-state index is 15.4. The van der Waals surface area contributed by atoms with Gasteiger partial charge in [0.05, 0.1) is 17.5 Å². The van der Waals surface area contributed by atoms with Gasteiger partial charge in [0.2, 0.25) is 0 Å². The van der Waals surface area contributed by atoms with Crippen molar-refractivity contribution in [3.63, 3.8) is 0 Å². The average Bonchev–Trinajstić information content (AvgIpc) is 2.77. The second-order valence-electron chi connectivity index (χ2n) is 7.66. The summed E-state index contributed by atoms with van der Waals surface area (Å²) in [7, 11) is 1.42. The van der Waals surface area contributed by atoms with E-state index >= 15 is 4.39 Å². The molecule has 2 aromatic carbocycles. The van der Waals surface area contributed by atoms with Crippen molar-refractivity contribution >= 4 is 35.3 Å². The van der Waals surface area contributed by atoms with Crippen molar-refractivity contribution in [1.29, 1.82) is 0 Å². The summed E-state index contributed by atoms with van der Waals surface area (Å²) in [6, 6.07) is 3.83. The summed E-state index contributed by atoms with van der Waals surface area (Å²) in [5.41, 5.74) is 0.334. The van der Waals surface area contributed by atoms with Crippen LogP contribution in [0.15, 0.2) is 48.2 Å². The summed E-state index contributed by atoms with van der Waals surface area (Å²) in [6.45, 7) is 1.48. The van der Waals surface area contributed by atoms with E-state index in [1.165, 1.54) is 50.5 Å². The standard InChI is InChI=1S/C23H20ClF2N3O5/c1-11-10-29(2)22(33)20(21(11)32)28-23(34)27-17(9-18(30)31)14-5-3-4-13(19(14)26)12-6-7-16(25)15(24)8-12/h3-8,10,17,20H,9H2,1-2H3,(H,30,31)(H2,27,28,34). The topological polar surface area (TPSA) is 116 Å². The first-order valence-electron chi connectivity index (χ1n) is 10.0. The molecule has 0 fully saturated rings. The fraction of sp³-hybridized carbons (Fsp3) is 0.217. The van der Waals surface area contributed by atoms with E-state index < -0.39 is 53.8 Å². The highest BCUT2D eigenvalue weighted by atomic mass is 35.5. The highest BCUT2D eigenvalue weighted by Crippen LogP contribution is 2.31. The Labute approximate surface area is 198 Å². The number of urea groups is 1. The molecule has 1 heterocycles. The zero-order valence-corrected chi connectivity index (χ0v) is 18.8. The largest absolute Gasteiger partial charge is 0.481 e. The Bertz CT molecular complexity index is 1220. The van der Waals surface area contributed by atoms with Crippen LogP contribution in [0.5, 0.6) is 0 Å². The lowest BCUT2D eigenvalue weighted by atomic mass is 9.96. The van der Waals surface area contributed by atoms with Gasteiger partial charge in [-0.2, -0.15) is 0 Å². The molecule has 178 valence electrons. The van der Waals surface area contributed by atoms with Crippen LogP contribution in [-0.4, -0.2) is 46.8 Å². The van der Waals surface area contributed by atoms with Crippen molar-refractivity contribution in [2.45, 2.75) is 25.4 Å². The second-order valence-corrected chi connectivity index (χ2v) is 8.07. The molecule has 0 radical (unpaired) electrons. The van der Waals surface area contributed by atoms with E-state index in [9.17, 15) is 28.7 Å². The van der Waals surface area contributed by atoms with Gasteiger partial charge in [-0.05, 0) is 24.6 Å². The number of hydrogen-bond acceptors (Lipinski definition) is 4. The fourth-order valence-corrected chi connectivity index (χ4v) is 3.72. The molecule has 1 aliphatic rings. The van der Waals surface area contributed by atoms with Crippen molar-refractivity contribution in [3.05, 3.63) is 70.4 Å². The highest BCUT2D eigenvalue weighted by Gasteiger charge is 2.35. The maximum atomic E-state index is 15.4. The Hall–Kier alpha value is -3.79. The number of carboxylic acids is 1. The van der Waals surface area contributed by atoms with Crippen molar-refractivity contribution in [3.8, 4) is 11.1 Å². The number of hydrogen-bond donors (Lipinski definition) is 3. The molecule has 0 spiro atoms. The Morgan fingerprint density at radius 2 is 1.91 bits per heavy atom. The molecule has 1 aliphatic heterocycles. The molecule has 34 heavy (non-hydrogen) atoms. The molecular formula is C23H20ClF2N3O5. The molecule has 3 N–H and O–H groups in total. The number of aliphatic carboxylic acids is 1. The van der Waals surface area contributed by atoms with Gasteiger partial charge in [-0.1, -0.05) is 35.9 Å². The van der Waals surface area contributed by atoms with E-state index in [2.05, 4.69) is 10.6 Å². The minimum Gasteiger partial charge on any atom is -0.481 e. The zero-order valence-electron chi connectivity index (χ0n) is 18.1. The van der Waals surface area contributed by atoms with Gasteiger partial charge in [-0.15, -0.1) is 0 Å². The Morgan fingerprint density at radius 3 is 2.56 bits per heavy atom. The molecule has 2 atom stereocenters. The molecule has 3 amide bonds. The second kappa shape index (κ2) is 10.0. The fourth-order valence-electron chi connectivity index (χ4n) is 3.54. The number of likely N-dealkylation sites (N-methyl/N-ethyl adjacent to an activating group) is 1. The number of benzene rings is 2. The Balaban J connectivity index is 1.89. The van der Waals surface area contributed by atoms with Crippen molar-refractivity contribution in [2.24, 2.45) is 0 Å². The lowest BCUT2D eigenvalue weighted by Crippen LogP contribution is -2.56. The lowest BCUT2D eigenvalue weighted by molar-refractivity contribution is -0.138. The van der Waals surface area contributed by atoms with Crippen molar-refractivity contribution in [1.82, 2.24) is 15.5 Å². The summed E-state index contributed by atoms with van der Waals surface area (Å²) in [5.74, 6) is -4.16. The smallest absolute Gasteiger partial charge is 0.316 e. The van der Waals surface area contributed by atoms with Crippen LogP contribution in [0.2, 0.25) is 5.02 Å². The summed E-state index contributed by atoms with van der Waals surface area (Å²) >= 11 is 5.79. The first-order chi connectivity index (χ1) is 16.0. The number of ketones is 1.